The molecule has 0 amide bonds. The fraction of sp³-hybridized carbons (Fsp3) is 0. The second-order valence-electron chi connectivity index (χ2n) is 8.83. The maximum absolute atomic E-state index is 9.62. The van der Waals surface area contributed by atoms with Crippen LogP contribution in [0.5, 0.6) is 0 Å². The largest absolute Gasteiger partial charge is 0.488 e. The summed E-state index contributed by atoms with van der Waals surface area (Å²) >= 11 is 1.70. The Balaban J connectivity index is 1.49. The van der Waals surface area contributed by atoms with Crippen LogP contribution in [0.25, 0.3) is 58.8 Å². The van der Waals surface area contributed by atoms with Crippen LogP contribution < -0.4 is 5.46 Å². The Kier molecular flexibility index (Phi) is 4.58. The summed E-state index contributed by atoms with van der Waals surface area (Å²) in [6.07, 6.45) is 0. The first-order valence-corrected chi connectivity index (χ1v) is 12.4. The summed E-state index contributed by atoms with van der Waals surface area (Å²) in [6, 6.07) is 37.9. The van der Waals surface area contributed by atoms with Gasteiger partial charge in [0.2, 0.25) is 0 Å². The van der Waals surface area contributed by atoms with Crippen LogP contribution in [0.1, 0.15) is 0 Å². The van der Waals surface area contributed by atoms with Crippen molar-refractivity contribution in [1.82, 2.24) is 4.57 Å². The second-order valence-corrected chi connectivity index (χ2v) is 9.89. The Bertz CT molecular complexity index is 1890. The van der Waals surface area contributed by atoms with Crippen LogP contribution >= 0.6 is 11.3 Å². The Hall–Kier alpha value is -3.90. The molecule has 5 aromatic carbocycles. The van der Waals surface area contributed by atoms with Gasteiger partial charge in [-0.05, 0) is 53.0 Å². The molecule has 3 nitrogen and oxygen atoms in total. The maximum atomic E-state index is 9.62. The SMILES string of the molecule is OB(O)c1ccc2c(c1)sc1c(-c3ccc4c(c3)c3ccccc3n4-c3ccccc3)cccc12. The first kappa shape index (κ1) is 20.5. The minimum absolute atomic E-state index is 0.515. The van der Waals surface area contributed by atoms with Gasteiger partial charge >= 0.3 is 7.12 Å². The van der Waals surface area contributed by atoms with Crippen molar-refractivity contribution in [3.8, 4) is 16.8 Å². The van der Waals surface area contributed by atoms with E-state index in [-0.39, 0.29) is 0 Å². The van der Waals surface area contributed by atoms with Crippen molar-refractivity contribution in [1.29, 1.82) is 0 Å². The van der Waals surface area contributed by atoms with Crippen molar-refractivity contribution in [2.24, 2.45) is 0 Å². The zero-order chi connectivity index (χ0) is 23.5. The molecule has 7 rings (SSSR count). The van der Waals surface area contributed by atoms with Crippen molar-refractivity contribution in [3.63, 3.8) is 0 Å². The van der Waals surface area contributed by atoms with E-state index in [0.717, 1.165) is 15.8 Å². The fourth-order valence-electron chi connectivity index (χ4n) is 5.20. The number of nitrogens with zero attached hydrogens (tertiary/aromatic N) is 1. The molecule has 0 bridgehead atoms. The summed E-state index contributed by atoms with van der Waals surface area (Å²) in [6.45, 7) is 0. The van der Waals surface area contributed by atoms with E-state index in [2.05, 4.69) is 89.5 Å². The average Bonchev–Trinajstić information content (AvgIpc) is 3.44. The monoisotopic (exact) mass is 469 g/mol. The van der Waals surface area contributed by atoms with Gasteiger partial charge in [0.25, 0.3) is 0 Å². The Labute approximate surface area is 206 Å². The lowest BCUT2D eigenvalue weighted by Gasteiger charge is -2.08. The second kappa shape index (κ2) is 7.82. The highest BCUT2D eigenvalue weighted by atomic mass is 32.1. The van der Waals surface area contributed by atoms with E-state index in [9.17, 15) is 10.0 Å². The summed E-state index contributed by atoms with van der Waals surface area (Å²) in [5, 5.41) is 24.0. The van der Waals surface area contributed by atoms with Crippen molar-refractivity contribution in [2.45, 2.75) is 0 Å². The first-order valence-electron chi connectivity index (χ1n) is 11.6. The molecule has 0 fully saturated rings. The molecule has 0 spiro atoms. The minimum atomic E-state index is -1.46. The van der Waals surface area contributed by atoms with Gasteiger partial charge in [0, 0.05) is 36.6 Å². The Morgan fingerprint density at radius 3 is 2.23 bits per heavy atom. The highest BCUT2D eigenvalue weighted by Crippen LogP contribution is 2.41. The van der Waals surface area contributed by atoms with E-state index in [1.807, 2.05) is 18.2 Å². The van der Waals surface area contributed by atoms with Crippen LogP contribution in [-0.2, 0) is 0 Å². The lowest BCUT2D eigenvalue weighted by molar-refractivity contribution is 0.426. The van der Waals surface area contributed by atoms with Crippen molar-refractivity contribution in [2.75, 3.05) is 0 Å². The van der Waals surface area contributed by atoms with Crippen LogP contribution in [0.15, 0.2) is 109 Å². The molecule has 0 aliphatic carbocycles. The highest BCUT2D eigenvalue weighted by Gasteiger charge is 2.17. The average molecular weight is 469 g/mol. The lowest BCUT2D eigenvalue weighted by atomic mass is 9.80. The molecule has 7 aromatic rings. The Morgan fingerprint density at radius 1 is 0.600 bits per heavy atom. The van der Waals surface area contributed by atoms with Crippen molar-refractivity contribution in [3.05, 3.63) is 109 Å². The predicted molar refractivity (Wildman–Crippen MR) is 149 cm³/mol. The molecule has 0 radical (unpaired) electrons. The summed E-state index contributed by atoms with van der Waals surface area (Å²) in [4.78, 5) is 0. The smallest absolute Gasteiger partial charge is 0.423 e. The molecule has 0 aliphatic heterocycles. The van der Waals surface area contributed by atoms with E-state index < -0.39 is 7.12 Å². The van der Waals surface area contributed by atoms with Gasteiger partial charge in [0.1, 0.15) is 0 Å². The zero-order valence-electron chi connectivity index (χ0n) is 18.7. The third kappa shape index (κ3) is 3.13. The summed E-state index contributed by atoms with van der Waals surface area (Å²) in [5.74, 6) is 0. The van der Waals surface area contributed by atoms with Crippen LogP contribution in [0.2, 0.25) is 0 Å². The van der Waals surface area contributed by atoms with E-state index in [0.29, 0.717) is 5.46 Å². The third-order valence-electron chi connectivity index (χ3n) is 6.82. The van der Waals surface area contributed by atoms with Gasteiger partial charge in [-0.3, -0.25) is 0 Å². The van der Waals surface area contributed by atoms with Crippen LogP contribution in [0.3, 0.4) is 0 Å². The third-order valence-corrected chi connectivity index (χ3v) is 8.02. The molecule has 0 saturated carbocycles. The van der Waals surface area contributed by atoms with Crippen LogP contribution in [-0.4, -0.2) is 21.7 Å². The van der Waals surface area contributed by atoms with Gasteiger partial charge in [-0.25, -0.2) is 0 Å². The number of thiophene rings is 1. The van der Waals surface area contributed by atoms with Crippen molar-refractivity contribution >= 4 is 65.9 Å². The van der Waals surface area contributed by atoms with Gasteiger partial charge < -0.3 is 14.6 Å². The normalized spacial score (nSPS) is 11.7. The van der Waals surface area contributed by atoms with Gasteiger partial charge in [-0.15, -0.1) is 11.3 Å². The molecule has 2 aromatic heterocycles. The lowest BCUT2D eigenvalue weighted by Crippen LogP contribution is -2.29. The van der Waals surface area contributed by atoms with Gasteiger partial charge in [-0.2, -0.15) is 0 Å². The molecule has 166 valence electrons. The van der Waals surface area contributed by atoms with E-state index >= 15 is 0 Å². The summed E-state index contributed by atoms with van der Waals surface area (Å²) < 4.78 is 4.59. The minimum Gasteiger partial charge on any atom is -0.423 e. The summed E-state index contributed by atoms with van der Waals surface area (Å²) in [5.41, 5.74) is 6.41. The summed E-state index contributed by atoms with van der Waals surface area (Å²) in [7, 11) is -1.46. The Morgan fingerprint density at radius 2 is 1.37 bits per heavy atom. The molecule has 2 N–H and O–H groups in total. The molecular formula is C30H20BNO2S. The van der Waals surface area contributed by atoms with Gasteiger partial charge in [0.15, 0.2) is 0 Å². The zero-order valence-corrected chi connectivity index (χ0v) is 19.5. The number of benzene rings is 5. The molecule has 2 heterocycles. The van der Waals surface area contributed by atoms with E-state index in [1.165, 1.54) is 43.0 Å². The van der Waals surface area contributed by atoms with Crippen molar-refractivity contribution < 1.29 is 10.0 Å². The van der Waals surface area contributed by atoms with E-state index in [1.54, 1.807) is 17.4 Å². The topological polar surface area (TPSA) is 45.4 Å². The number of fused-ring (bicyclic) bond motifs is 6. The van der Waals surface area contributed by atoms with Crippen LogP contribution in [0, 0.1) is 0 Å². The standard InChI is InChI=1S/C30H20BNO2S/c33-31(34)20-14-15-24-25-11-6-10-22(30(25)35-29(24)18-20)19-13-16-28-26(17-19)23-9-4-5-12-27(23)32(28)21-7-2-1-3-8-21/h1-18,33-34H. The molecule has 35 heavy (non-hydrogen) atoms. The van der Waals surface area contributed by atoms with Gasteiger partial charge in [-0.1, -0.05) is 72.8 Å². The molecule has 0 unspecified atom stereocenters. The molecular weight excluding hydrogens is 449 g/mol. The molecule has 0 atom stereocenters. The number of para-hydroxylation sites is 2. The van der Waals surface area contributed by atoms with Gasteiger partial charge in [0.05, 0.1) is 11.0 Å². The highest BCUT2D eigenvalue weighted by molar-refractivity contribution is 7.26. The predicted octanol–water partition coefficient (Wildman–Crippen LogP) is 6.50. The maximum Gasteiger partial charge on any atom is 0.488 e. The fourth-order valence-corrected chi connectivity index (χ4v) is 6.49. The number of hydrogen-bond acceptors (Lipinski definition) is 3. The molecule has 0 saturated heterocycles. The first-order chi connectivity index (χ1) is 17.2. The number of rotatable bonds is 3. The number of aromatic nitrogens is 1. The number of hydrogen-bond donors (Lipinski definition) is 2. The quantitative estimate of drug-likeness (QED) is 0.290. The molecule has 0 aliphatic rings. The molecule has 5 heteroatoms. The van der Waals surface area contributed by atoms with Crippen LogP contribution in [0.4, 0.5) is 0 Å². The van der Waals surface area contributed by atoms with E-state index in [4.69, 9.17) is 0 Å².